The van der Waals surface area contributed by atoms with Gasteiger partial charge in [0.2, 0.25) is 10.0 Å². The first-order valence-corrected chi connectivity index (χ1v) is 10.6. The Bertz CT molecular complexity index is 1050. The largest absolute Gasteiger partial charge is 0.497 e. The fourth-order valence-electron chi connectivity index (χ4n) is 3.94. The highest BCUT2D eigenvalue weighted by molar-refractivity contribution is 7.89. The monoisotopic (exact) mass is 384 g/mol. The number of para-hydroxylation sites is 1. The first-order valence-electron chi connectivity index (χ1n) is 9.21. The van der Waals surface area contributed by atoms with Crippen molar-refractivity contribution in [1.82, 2.24) is 8.87 Å². The molecule has 5 nitrogen and oxygen atoms in total. The highest BCUT2D eigenvalue weighted by Gasteiger charge is 2.30. The van der Waals surface area contributed by atoms with Gasteiger partial charge in [-0.25, -0.2) is 8.42 Å². The van der Waals surface area contributed by atoms with Crippen LogP contribution in [0.25, 0.3) is 10.9 Å². The third-order valence-electron chi connectivity index (χ3n) is 5.45. The minimum atomic E-state index is -3.46. The molecule has 0 bridgehead atoms. The standard InChI is InChI=1S/C21H24N2O3S/c1-16-15-23(21-6-4-3-5-20(16)21)17-11-13-22(14-12-17)27(24,25)19-9-7-18(26-2)8-10-19/h3-10,15,17H,11-14H2,1-2H3. The number of aryl methyl sites for hydroxylation is 1. The normalized spacial score (nSPS) is 16.7. The summed E-state index contributed by atoms with van der Waals surface area (Å²) >= 11 is 0. The van der Waals surface area contributed by atoms with E-state index < -0.39 is 10.0 Å². The molecule has 0 atom stereocenters. The van der Waals surface area contributed by atoms with Crippen molar-refractivity contribution in [3.8, 4) is 5.75 Å². The number of hydrogen-bond acceptors (Lipinski definition) is 3. The Morgan fingerprint density at radius 3 is 2.33 bits per heavy atom. The molecule has 0 saturated carbocycles. The lowest BCUT2D eigenvalue weighted by Crippen LogP contribution is -2.38. The Morgan fingerprint density at radius 2 is 1.67 bits per heavy atom. The lowest BCUT2D eigenvalue weighted by molar-refractivity contribution is 0.277. The van der Waals surface area contributed by atoms with Crippen molar-refractivity contribution in [3.05, 3.63) is 60.3 Å². The van der Waals surface area contributed by atoms with E-state index in [1.54, 1.807) is 35.7 Å². The minimum absolute atomic E-state index is 0.323. The molecule has 1 aliphatic heterocycles. The highest BCUT2D eigenvalue weighted by Crippen LogP contribution is 2.32. The Labute approximate surface area is 160 Å². The highest BCUT2D eigenvalue weighted by atomic mass is 32.2. The summed E-state index contributed by atoms with van der Waals surface area (Å²) in [7, 11) is -1.89. The molecule has 0 unspecified atom stereocenters. The first kappa shape index (κ1) is 18.1. The summed E-state index contributed by atoms with van der Waals surface area (Å²) in [6.45, 7) is 3.19. The number of fused-ring (bicyclic) bond motifs is 1. The molecular formula is C21H24N2O3S. The van der Waals surface area contributed by atoms with E-state index >= 15 is 0 Å². The van der Waals surface area contributed by atoms with E-state index in [2.05, 4.69) is 42.0 Å². The van der Waals surface area contributed by atoms with Gasteiger partial charge in [-0.3, -0.25) is 0 Å². The summed E-state index contributed by atoms with van der Waals surface area (Å²) in [6, 6.07) is 15.3. The zero-order chi connectivity index (χ0) is 19.0. The van der Waals surface area contributed by atoms with Crippen LogP contribution in [0.4, 0.5) is 0 Å². The molecule has 0 aliphatic carbocycles. The van der Waals surface area contributed by atoms with Gasteiger partial charge in [0.25, 0.3) is 0 Å². The van der Waals surface area contributed by atoms with Gasteiger partial charge in [-0.15, -0.1) is 0 Å². The lowest BCUT2D eigenvalue weighted by atomic mass is 10.1. The van der Waals surface area contributed by atoms with Gasteiger partial charge in [0, 0.05) is 36.2 Å². The van der Waals surface area contributed by atoms with Gasteiger partial charge in [-0.2, -0.15) is 4.31 Å². The molecule has 0 N–H and O–H groups in total. The van der Waals surface area contributed by atoms with Crippen LogP contribution in [0, 0.1) is 6.92 Å². The van der Waals surface area contributed by atoms with Crippen molar-refractivity contribution in [2.24, 2.45) is 0 Å². The molecule has 1 saturated heterocycles. The molecule has 1 aliphatic rings. The summed E-state index contributed by atoms with van der Waals surface area (Å²) < 4.78 is 34.9. The zero-order valence-electron chi connectivity index (χ0n) is 15.6. The number of hydrogen-bond donors (Lipinski definition) is 0. The van der Waals surface area contributed by atoms with Gasteiger partial charge in [-0.05, 0) is 55.7 Å². The third kappa shape index (κ3) is 3.24. The summed E-state index contributed by atoms with van der Waals surface area (Å²) in [4.78, 5) is 0.323. The molecule has 2 aromatic carbocycles. The van der Waals surface area contributed by atoms with Crippen molar-refractivity contribution in [1.29, 1.82) is 0 Å². The number of ether oxygens (including phenoxy) is 1. The van der Waals surface area contributed by atoms with E-state index in [0.29, 0.717) is 29.8 Å². The summed E-state index contributed by atoms with van der Waals surface area (Å²) in [5.74, 6) is 0.655. The molecule has 1 fully saturated rings. The van der Waals surface area contributed by atoms with Crippen LogP contribution in [-0.4, -0.2) is 37.5 Å². The minimum Gasteiger partial charge on any atom is -0.497 e. The van der Waals surface area contributed by atoms with E-state index in [1.165, 1.54) is 16.5 Å². The molecule has 0 amide bonds. The number of nitrogens with zero attached hydrogens (tertiary/aromatic N) is 2. The van der Waals surface area contributed by atoms with E-state index in [1.807, 2.05) is 0 Å². The van der Waals surface area contributed by atoms with Crippen molar-refractivity contribution < 1.29 is 13.2 Å². The molecule has 142 valence electrons. The predicted octanol–water partition coefficient (Wildman–Crippen LogP) is 3.98. The van der Waals surface area contributed by atoms with Gasteiger partial charge in [0.1, 0.15) is 5.75 Å². The molecule has 3 aromatic rings. The van der Waals surface area contributed by atoms with Crippen LogP contribution < -0.4 is 4.74 Å². The lowest BCUT2D eigenvalue weighted by Gasteiger charge is -2.32. The van der Waals surface area contributed by atoms with Crippen molar-refractivity contribution in [2.45, 2.75) is 30.7 Å². The quantitative estimate of drug-likeness (QED) is 0.684. The fraction of sp³-hybridized carbons (Fsp3) is 0.333. The molecular weight excluding hydrogens is 360 g/mol. The van der Waals surface area contributed by atoms with Crippen LogP contribution in [0.5, 0.6) is 5.75 Å². The fourth-order valence-corrected chi connectivity index (χ4v) is 5.41. The number of methoxy groups -OCH3 is 1. The second-order valence-electron chi connectivity index (χ2n) is 7.05. The Morgan fingerprint density at radius 1 is 1.00 bits per heavy atom. The maximum atomic E-state index is 12.9. The molecule has 2 heterocycles. The summed E-state index contributed by atoms with van der Waals surface area (Å²) in [5, 5.41) is 1.27. The molecule has 0 spiro atoms. The van der Waals surface area contributed by atoms with Crippen LogP contribution in [0.3, 0.4) is 0 Å². The van der Waals surface area contributed by atoms with E-state index in [-0.39, 0.29) is 0 Å². The van der Waals surface area contributed by atoms with Gasteiger partial charge in [0.15, 0.2) is 0 Å². The van der Waals surface area contributed by atoms with Gasteiger partial charge >= 0.3 is 0 Å². The maximum absolute atomic E-state index is 12.9. The third-order valence-corrected chi connectivity index (χ3v) is 7.37. The van der Waals surface area contributed by atoms with Crippen LogP contribution in [0.1, 0.15) is 24.4 Å². The number of aromatic nitrogens is 1. The van der Waals surface area contributed by atoms with Crippen LogP contribution in [0.2, 0.25) is 0 Å². The molecule has 0 radical (unpaired) electrons. The average Bonchev–Trinajstić information content (AvgIpc) is 3.05. The van der Waals surface area contributed by atoms with E-state index in [0.717, 1.165) is 12.8 Å². The van der Waals surface area contributed by atoms with Crippen LogP contribution in [0.15, 0.2) is 59.6 Å². The van der Waals surface area contributed by atoms with Crippen molar-refractivity contribution in [2.75, 3.05) is 20.2 Å². The first-order chi connectivity index (χ1) is 13.0. The van der Waals surface area contributed by atoms with Gasteiger partial charge in [0.05, 0.1) is 12.0 Å². The second-order valence-corrected chi connectivity index (χ2v) is 8.99. The topological polar surface area (TPSA) is 51.5 Å². The average molecular weight is 385 g/mol. The Balaban J connectivity index is 1.52. The van der Waals surface area contributed by atoms with E-state index in [4.69, 9.17) is 4.74 Å². The van der Waals surface area contributed by atoms with Gasteiger partial charge < -0.3 is 9.30 Å². The van der Waals surface area contributed by atoms with E-state index in [9.17, 15) is 8.42 Å². The summed E-state index contributed by atoms with van der Waals surface area (Å²) in [6.07, 6.45) is 3.82. The zero-order valence-corrected chi connectivity index (χ0v) is 16.4. The number of benzene rings is 2. The van der Waals surface area contributed by atoms with Crippen molar-refractivity contribution >= 4 is 20.9 Å². The molecule has 27 heavy (non-hydrogen) atoms. The van der Waals surface area contributed by atoms with Gasteiger partial charge in [-0.1, -0.05) is 18.2 Å². The molecule has 1 aromatic heterocycles. The summed E-state index contributed by atoms with van der Waals surface area (Å²) in [5.41, 5.74) is 2.49. The second kappa shape index (κ2) is 7.02. The SMILES string of the molecule is COc1ccc(S(=O)(=O)N2CCC(n3cc(C)c4ccccc43)CC2)cc1. The number of rotatable bonds is 4. The smallest absolute Gasteiger partial charge is 0.243 e. The van der Waals surface area contributed by atoms with Crippen LogP contribution >= 0.6 is 0 Å². The molecule has 6 heteroatoms. The predicted molar refractivity (Wildman–Crippen MR) is 107 cm³/mol. The van der Waals surface area contributed by atoms with Crippen molar-refractivity contribution in [3.63, 3.8) is 0 Å². The Kier molecular flexibility index (Phi) is 4.70. The number of piperidine rings is 1. The molecule has 4 rings (SSSR count). The maximum Gasteiger partial charge on any atom is 0.243 e. The number of sulfonamides is 1. The Hall–Kier alpha value is -2.31. The van der Waals surface area contributed by atoms with Crippen LogP contribution in [-0.2, 0) is 10.0 Å².